The molecule has 1 heterocycles. The van der Waals surface area contributed by atoms with Crippen LogP contribution in [0.2, 0.25) is 0 Å². The van der Waals surface area contributed by atoms with E-state index in [0.717, 1.165) is 23.7 Å². The Labute approximate surface area is 108 Å². The third-order valence-corrected chi connectivity index (χ3v) is 3.49. The monoisotopic (exact) mass is 248 g/mol. The zero-order chi connectivity index (χ0) is 12.1. The van der Waals surface area contributed by atoms with Gasteiger partial charge in [-0.25, -0.2) is 4.58 Å². The summed E-state index contributed by atoms with van der Waals surface area (Å²) in [6.45, 7) is 4.41. The molecule has 2 rings (SSSR count). The summed E-state index contributed by atoms with van der Waals surface area (Å²) in [7, 11) is 0. The Kier molecular flexibility index (Phi) is 4.38. The van der Waals surface area contributed by atoms with E-state index in [1.165, 1.54) is 24.8 Å². The van der Waals surface area contributed by atoms with Crippen LogP contribution in [0.15, 0.2) is 30.3 Å². The van der Waals surface area contributed by atoms with Crippen molar-refractivity contribution in [2.75, 3.05) is 13.1 Å². The molecule has 0 aliphatic carbocycles. The third kappa shape index (κ3) is 3.71. The highest BCUT2D eigenvalue weighted by molar-refractivity contribution is 6.49. The van der Waals surface area contributed by atoms with Crippen molar-refractivity contribution < 1.29 is 4.58 Å². The Morgan fingerprint density at radius 1 is 1.12 bits per heavy atom. The quantitative estimate of drug-likeness (QED) is 0.700. The fraction of sp³-hybridized carbons (Fsp3) is 0.400. The number of nitrogens with zero attached hydrogens (tertiary/aromatic N) is 1. The molecule has 1 saturated heterocycles. The van der Waals surface area contributed by atoms with Gasteiger partial charge in [-0.15, -0.1) is 0 Å². The number of hydrogen-bond donors (Lipinski definition) is 0. The molecule has 0 radical (unpaired) electrons. The van der Waals surface area contributed by atoms with Crippen molar-refractivity contribution >= 4 is 22.8 Å². The Morgan fingerprint density at radius 3 is 2.41 bits per heavy atom. The third-order valence-electron chi connectivity index (χ3n) is 3.15. The van der Waals surface area contributed by atoms with Crippen LogP contribution in [0.5, 0.6) is 0 Å². The van der Waals surface area contributed by atoms with Crippen molar-refractivity contribution in [2.45, 2.75) is 26.2 Å². The molecule has 0 unspecified atom stereocenters. The molecular weight excluding hydrogens is 230 g/mol. The van der Waals surface area contributed by atoms with Crippen molar-refractivity contribution in [3.8, 4) is 0 Å². The van der Waals surface area contributed by atoms with E-state index < -0.39 is 0 Å². The highest BCUT2D eigenvalue weighted by Crippen LogP contribution is 2.18. The molecule has 0 N–H and O–H groups in total. The van der Waals surface area contributed by atoms with Gasteiger partial charge in [0.15, 0.2) is 6.21 Å². The first-order valence-corrected chi connectivity index (χ1v) is 6.65. The molecule has 1 aliphatic rings. The summed E-state index contributed by atoms with van der Waals surface area (Å²) in [5, 5.41) is 0.815. The Hall–Kier alpha value is -1.08. The van der Waals surface area contributed by atoms with Crippen LogP contribution in [-0.4, -0.2) is 23.9 Å². The van der Waals surface area contributed by atoms with Crippen molar-refractivity contribution in [1.82, 2.24) is 0 Å². The number of hydrogen-bond acceptors (Lipinski definition) is 0. The average Bonchev–Trinajstić information content (AvgIpc) is 2.38. The fourth-order valence-corrected chi connectivity index (χ4v) is 2.23. The van der Waals surface area contributed by atoms with E-state index in [1.54, 1.807) is 0 Å². The van der Waals surface area contributed by atoms with Gasteiger partial charge in [-0.2, -0.15) is 0 Å². The van der Waals surface area contributed by atoms with Gasteiger partial charge >= 0.3 is 0 Å². The minimum absolute atomic E-state index is 0.815. The van der Waals surface area contributed by atoms with Gasteiger partial charge in [0.2, 0.25) is 0 Å². The first-order chi connectivity index (χ1) is 8.25. The zero-order valence-corrected chi connectivity index (χ0v) is 11.1. The second-order valence-corrected chi connectivity index (χ2v) is 5.03. The van der Waals surface area contributed by atoms with Crippen LogP contribution in [0.25, 0.3) is 5.03 Å². The van der Waals surface area contributed by atoms with Gasteiger partial charge in [-0.3, -0.25) is 0 Å². The van der Waals surface area contributed by atoms with Crippen molar-refractivity contribution in [2.24, 2.45) is 0 Å². The second-order valence-electron chi connectivity index (χ2n) is 4.63. The van der Waals surface area contributed by atoms with Gasteiger partial charge < -0.3 is 0 Å². The maximum absolute atomic E-state index is 6.28. The molecule has 1 nitrogen and oxygen atoms in total. The lowest BCUT2D eigenvalue weighted by Gasteiger charge is -2.08. The predicted molar refractivity (Wildman–Crippen MR) is 74.9 cm³/mol. The highest BCUT2D eigenvalue weighted by atomic mass is 35.5. The van der Waals surface area contributed by atoms with Crippen LogP contribution >= 0.6 is 11.6 Å². The number of rotatable bonds is 2. The van der Waals surface area contributed by atoms with Crippen LogP contribution in [0.1, 0.15) is 30.4 Å². The molecule has 1 aromatic rings. The molecule has 0 amide bonds. The number of piperidine rings is 1. The van der Waals surface area contributed by atoms with Gasteiger partial charge in [0.25, 0.3) is 0 Å². The van der Waals surface area contributed by atoms with E-state index in [1.807, 2.05) is 6.08 Å². The lowest BCUT2D eigenvalue weighted by atomic mass is 10.1. The molecule has 0 spiro atoms. The van der Waals surface area contributed by atoms with E-state index in [2.05, 4.69) is 42.0 Å². The van der Waals surface area contributed by atoms with Crippen LogP contribution in [0.3, 0.4) is 0 Å². The summed E-state index contributed by atoms with van der Waals surface area (Å²) in [6.07, 6.45) is 8.09. The second kappa shape index (κ2) is 6.02. The smallest absolute Gasteiger partial charge is 0.164 e. The predicted octanol–water partition coefficient (Wildman–Crippen LogP) is 3.84. The lowest BCUT2D eigenvalue weighted by Crippen LogP contribution is -2.20. The SMILES string of the molecule is Cc1ccc(C(Cl)=CC=[N+]2CCCCC2)cc1. The molecule has 90 valence electrons. The van der Waals surface area contributed by atoms with Crippen LogP contribution in [0.4, 0.5) is 0 Å². The molecule has 1 aromatic carbocycles. The number of halogens is 1. The molecule has 0 bridgehead atoms. The maximum Gasteiger partial charge on any atom is 0.164 e. The molecule has 1 aliphatic heterocycles. The summed E-state index contributed by atoms with van der Waals surface area (Å²) in [5.74, 6) is 0. The molecule has 2 heteroatoms. The van der Waals surface area contributed by atoms with Crippen LogP contribution < -0.4 is 0 Å². The van der Waals surface area contributed by atoms with Crippen molar-refractivity contribution in [3.05, 3.63) is 41.5 Å². The van der Waals surface area contributed by atoms with E-state index >= 15 is 0 Å². The molecule has 0 atom stereocenters. The van der Waals surface area contributed by atoms with E-state index in [0.29, 0.717) is 0 Å². The van der Waals surface area contributed by atoms with E-state index in [4.69, 9.17) is 11.6 Å². The average molecular weight is 249 g/mol. The van der Waals surface area contributed by atoms with E-state index in [9.17, 15) is 0 Å². The van der Waals surface area contributed by atoms with Crippen LogP contribution in [0, 0.1) is 6.92 Å². The lowest BCUT2D eigenvalue weighted by molar-refractivity contribution is -0.532. The van der Waals surface area contributed by atoms with Gasteiger partial charge in [-0.1, -0.05) is 41.4 Å². The molecule has 0 aromatic heterocycles. The summed E-state index contributed by atoms with van der Waals surface area (Å²) in [4.78, 5) is 0. The summed E-state index contributed by atoms with van der Waals surface area (Å²) in [5.41, 5.74) is 2.35. The number of benzene rings is 1. The van der Waals surface area contributed by atoms with Crippen molar-refractivity contribution in [1.29, 1.82) is 0 Å². The number of allylic oxidation sites excluding steroid dienone is 1. The first-order valence-electron chi connectivity index (χ1n) is 6.27. The normalized spacial score (nSPS) is 17.1. The summed E-state index contributed by atoms with van der Waals surface area (Å²) < 4.78 is 2.35. The number of aryl methyl sites for hydroxylation is 1. The fourth-order valence-electron chi connectivity index (χ4n) is 2.05. The molecular formula is C15H19ClN+. The van der Waals surface area contributed by atoms with E-state index in [-0.39, 0.29) is 0 Å². The highest BCUT2D eigenvalue weighted by Gasteiger charge is 2.09. The first kappa shape index (κ1) is 12.4. The minimum atomic E-state index is 0.815. The zero-order valence-electron chi connectivity index (χ0n) is 10.3. The van der Waals surface area contributed by atoms with Gasteiger partial charge in [-0.05, 0) is 18.9 Å². The summed E-state index contributed by atoms with van der Waals surface area (Å²) >= 11 is 6.28. The van der Waals surface area contributed by atoms with Crippen LogP contribution in [-0.2, 0) is 0 Å². The molecule has 0 saturated carbocycles. The minimum Gasteiger partial charge on any atom is -0.236 e. The van der Waals surface area contributed by atoms with Gasteiger partial charge in [0.05, 0.1) is 5.03 Å². The van der Waals surface area contributed by atoms with Crippen molar-refractivity contribution in [3.63, 3.8) is 0 Å². The summed E-state index contributed by atoms with van der Waals surface area (Å²) in [6, 6.07) is 8.31. The Morgan fingerprint density at radius 2 is 1.76 bits per heavy atom. The maximum atomic E-state index is 6.28. The standard InChI is InChI=1S/C15H19ClN/c1-13-5-7-14(8-6-13)15(16)9-12-17-10-3-2-4-11-17/h5-9,12H,2-4,10-11H2,1H3/q+1. The topological polar surface area (TPSA) is 3.01 Å². The van der Waals surface area contributed by atoms with Gasteiger partial charge in [0, 0.05) is 18.9 Å². The Bertz CT molecular complexity index is 421. The van der Waals surface area contributed by atoms with Gasteiger partial charge in [0.1, 0.15) is 13.1 Å². The molecule has 1 fully saturated rings. The Balaban J connectivity index is 2.08. The largest absolute Gasteiger partial charge is 0.236 e. The molecule has 17 heavy (non-hydrogen) atoms.